The summed E-state index contributed by atoms with van der Waals surface area (Å²) in [6.07, 6.45) is 0.134. The van der Waals surface area contributed by atoms with Crippen molar-refractivity contribution < 1.29 is 24.6 Å². The lowest BCUT2D eigenvalue weighted by molar-refractivity contribution is -0.204. The molecule has 0 saturated carbocycles. The summed E-state index contributed by atoms with van der Waals surface area (Å²) in [5, 5.41) is 21.9. The predicted octanol–water partition coefficient (Wildman–Crippen LogP) is 0.181. The van der Waals surface area contributed by atoms with E-state index in [1.54, 1.807) is 13.8 Å². The topological polar surface area (TPSA) is 107 Å². The molecule has 2 heterocycles. The average molecular weight is 350 g/mol. The lowest BCUT2D eigenvalue weighted by Gasteiger charge is -2.46. The summed E-state index contributed by atoms with van der Waals surface area (Å²) in [7, 11) is 0. The highest BCUT2D eigenvalue weighted by Crippen LogP contribution is 2.55. The number of carboxylic acids is 1. The Morgan fingerprint density at radius 2 is 1.92 bits per heavy atom. The molecule has 3 rings (SSSR count). The second-order valence-corrected chi connectivity index (χ2v) is 8.15. The number of carbonyl (C=O) groups is 3. The number of rotatable bonds is 4. The van der Waals surface area contributed by atoms with Crippen LogP contribution in [0.3, 0.4) is 0 Å². The van der Waals surface area contributed by atoms with E-state index < -0.39 is 33.8 Å². The molecule has 128 valence electrons. The van der Waals surface area contributed by atoms with E-state index >= 15 is 0 Å². The first-order valence-corrected chi connectivity index (χ1v) is 8.36. The maximum atomic E-state index is 12.3. The normalized spacial score (nSPS) is 30.5. The van der Waals surface area contributed by atoms with Crippen LogP contribution in [0.25, 0.3) is 0 Å². The summed E-state index contributed by atoms with van der Waals surface area (Å²) in [6, 6.07) is 8.29. The monoisotopic (exact) mass is 350 g/mol. The van der Waals surface area contributed by atoms with Crippen molar-refractivity contribution in [2.24, 2.45) is 0 Å². The SMILES string of the molecule is CC1(C)S[C@@H]2[C@@H](NC(=O)Cc3ccccc3)C(=O)N2[C@@]1(O)C(=O)O. The Morgan fingerprint density at radius 1 is 1.29 bits per heavy atom. The van der Waals surface area contributed by atoms with Crippen LogP contribution in [0.2, 0.25) is 0 Å². The molecule has 0 radical (unpaired) electrons. The molecule has 0 aromatic heterocycles. The van der Waals surface area contributed by atoms with Crippen molar-refractivity contribution >= 4 is 29.5 Å². The molecule has 0 bridgehead atoms. The number of nitrogens with zero attached hydrogens (tertiary/aromatic N) is 1. The highest BCUT2D eigenvalue weighted by atomic mass is 32.2. The molecular formula is C16H18N2O5S. The quantitative estimate of drug-likeness (QED) is 0.669. The number of hydrogen-bond acceptors (Lipinski definition) is 5. The number of nitrogens with one attached hydrogen (secondary N) is 1. The zero-order valence-electron chi connectivity index (χ0n) is 13.2. The Kier molecular flexibility index (Phi) is 3.84. The van der Waals surface area contributed by atoms with E-state index in [2.05, 4.69) is 5.32 Å². The van der Waals surface area contributed by atoms with Gasteiger partial charge < -0.3 is 15.5 Å². The van der Waals surface area contributed by atoms with Crippen LogP contribution < -0.4 is 5.32 Å². The Hall–Kier alpha value is -2.06. The summed E-state index contributed by atoms with van der Waals surface area (Å²) in [4.78, 5) is 36.9. The van der Waals surface area contributed by atoms with Gasteiger partial charge in [0, 0.05) is 0 Å². The van der Waals surface area contributed by atoms with Crippen LogP contribution in [0, 0.1) is 0 Å². The van der Waals surface area contributed by atoms with Gasteiger partial charge >= 0.3 is 5.97 Å². The molecule has 3 atom stereocenters. The van der Waals surface area contributed by atoms with Crippen molar-refractivity contribution in [1.29, 1.82) is 0 Å². The van der Waals surface area contributed by atoms with E-state index in [1.165, 1.54) is 11.8 Å². The van der Waals surface area contributed by atoms with Gasteiger partial charge in [0.15, 0.2) is 0 Å². The minimum Gasteiger partial charge on any atom is -0.478 e. The number of fused-ring (bicyclic) bond motifs is 1. The van der Waals surface area contributed by atoms with Crippen LogP contribution >= 0.6 is 11.8 Å². The first-order valence-electron chi connectivity index (χ1n) is 7.48. The maximum Gasteiger partial charge on any atom is 0.358 e. The van der Waals surface area contributed by atoms with Crippen molar-refractivity contribution in [2.75, 3.05) is 0 Å². The van der Waals surface area contributed by atoms with Gasteiger partial charge in [-0.3, -0.25) is 14.5 Å². The third kappa shape index (κ3) is 2.29. The molecule has 0 unspecified atom stereocenters. The molecule has 0 aliphatic carbocycles. The molecule has 2 aliphatic heterocycles. The van der Waals surface area contributed by atoms with Gasteiger partial charge in [-0.05, 0) is 19.4 Å². The Morgan fingerprint density at radius 3 is 2.50 bits per heavy atom. The summed E-state index contributed by atoms with van der Waals surface area (Å²) < 4.78 is -1.09. The predicted molar refractivity (Wildman–Crippen MR) is 87.0 cm³/mol. The molecule has 1 aromatic rings. The molecule has 7 nitrogen and oxygen atoms in total. The van der Waals surface area contributed by atoms with E-state index in [1.807, 2.05) is 30.3 Å². The number of amides is 2. The Labute approximate surface area is 143 Å². The summed E-state index contributed by atoms with van der Waals surface area (Å²) >= 11 is 1.17. The van der Waals surface area contributed by atoms with Gasteiger partial charge in [0.2, 0.25) is 5.91 Å². The third-order valence-corrected chi connectivity index (χ3v) is 6.07. The van der Waals surface area contributed by atoms with E-state index in [4.69, 9.17) is 0 Å². The van der Waals surface area contributed by atoms with E-state index in [9.17, 15) is 24.6 Å². The fourth-order valence-corrected chi connectivity index (χ4v) is 4.74. The smallest absolute Gasteiger partial charge is 0.358 e. The van der Waals surface area contributed by atoms with Gasteiger partial charge in [0.1, 0.15) is 11.4 Å². The number of aliphatic carboxylic acids is 1. The van der Waals surface area contributed by atoms with Crippen molar-refractivity contribution in [3.8, 4) is 0 Å². The van der Waals surface area contributed by atoms with Crippen LogP contribution in [0.15, 0.2) is 30.3 Å². The lowest BCUT2D eigenvalue weighted by Crippen LogP contribution is -2.75. The third-order valence-electron chi connectivity index (χ3n) is 4.47. The second-order valence-electron chi connectivity index (χ2n) is 6.41. The summed E-state index contributed by atoms with van der Waals surface area (Å²) in [6.45, 7) is 3.14. The molecule has 2 amide bonds. The molecule has 1 aromatic carbocycles. The first-order chi connectivity index (χ1) is 11.2. The van der Waals surface area contributed by atoms with Gasteiger partial charge in [0.05, 0.1) is 11.2 Å². The van der Waals surface area contributed by atoms with Crippen molar-refractivity contribution in [1.82, 2.24) is 10.2 Å². The fraction of sp³-hybridized carbons (Fsp3) is 0.438. The molecule has 3 N–H and O–H groups in total. The second kappa shape index (κ2) is 5.49. The molecule has 2 fully saturated rings. The molecule has 24 heavy (non-hydrogen) atoms. The molecule has 2 saturated heterocycles. The number of hydrogen-bond donors (Lipinski definition) is 3. The summed E-state index contributed by atoms with van der Waals surface area (Å²) in [5.41, 5.74) is -1.46. The number of aliphatic hydroxyl groups is 1. The van der Waals surface area contributed by atoms with Crippen LogP contribution in [-0.4, -0.2) is 54.8 Å². The molecule has 2 aliphatic rings. The largest absolute Gasteiger partial charge is 0.478 e. The Bertz CT molecular complexity index is 708. The zero-order chi connectivity index (χ0) is 17.7. The van der Waals surface area contributed by atoms with Gasteiger partial charge in [-0.1, -0.05) is 30.3 Å². The van der Waals surface area contributed by atoms with Crippen LogP contribution in [-0.2, 0) is 20.8 Å². The van der Waals surface area contributed by atoms with E-state index in [-0.39, 0.29) is 12.3 Å². The molecular weight excluding hydrogens is 332 g/mol. The Balaban J connectivity index is 1.72. The number of carboxylic acid groups (broad SMARTS) is 1. The fourth-order valence-electron chi connectivity index (χ4n) is 3.10. The first kappa shape index (κ1) is 16.8. The van der Waals surface area contributed by atoms with Gasteiger partial charge in [-0.15, -0.1) is 11.8 Å². The average Bonchev–Trinajstić information content (AvgIpc) is 2.71. The van der Waals surface area contributed by atoms with Crippen molar-refractivity contribution in [2.45, 2.75) is 42.2 Å². The van der Waals surface area contributed by atoms with Gasteiger partial charge in [0.25, 0.3) is 11.6 Å². The van der Waals surface area contributed by atoms with E-state index in [0.29, 0.717) is 0 Å². The molecule has 8 heteroatoms. The number of carbonyl (C=O) groups excluding carboxylic acids is 2. The molecule has 0 spiro atoms. The maximum absolute atomic E-state index is 12.3. The number of thioether (sulfide) groups is 1. The van der Waals surface area contributed by atoms with Crippen LogP contribution in [0.1, 0.15) is 19.4 Å². The highest BCUT2D eigenvalue weighted by Gasteiger charge is 2.72. The zero-order valence-corrected chi connectivity index (χ0v) is 14.0. The number of benzene rings is 1. The van der Waals surface area contributed by atoms with Gasteiger partial charge in [-0.2, -0.15) is 0 Å². The van der Waals surface area contributed by atoms with E-state index in [0.717, 1.165) is 10.5 Å². The van der Waals surface area contributed by atoms with Crippen molar-refractivity contribution in [3.63, 3.8) is 0 Å². The minimum absolute atomic E-state index is 0.134. The highest BCUT2D eigenvalue weighted by molar-refractivity contribution is 8.01. The lowest BCUT2D eigenvalue weighted by atomic mass is 9.92. The summed E-state index contributed by atoms with van der Waals surface area (Å²) in [5.74, 6) is -2.36. The van der Waals surface area contributed by atoms with Crippen LogP contribution in [0.4, 0.5) is 0 Å². The minimum atomic E-state index is -2.28. The van der Waals surface area contributed by atoms with Gasteiger partial charge in [-0.25, -0.2) is 4.79 Å². The van der Waals surface area contributed by atoms with Crippen LogP contribution in [0.5, 0.6) is 0 Å². The standard InChI is InChI=1S/C16H18N2O5S/c1-15(2)16(23,14(21)22)18-12(20)11(13(18)24-15)17-10(19)8-9-6-4-3-5-7-9/h3-7,11,13,23H,8H2,1-2H3,(H,17,19)(H,21,22)/t11-,13+,16+/m0/s1. The number of β-lactam (4-membered cyclic amide) rings is 1. The van der Waals surface area contributed by atoms with Crippen molar-refractivity contribution in [3.05, 3.63) is 35.9 Å².